The van der Waals surface area contributed by atoms with Crippen LogP contribution in [-0.4, -0.2) is 37.2 Å². The van der Waals surface area contributed by atoms with Gasteiger partial charge in [-0.15, -0.1) is 0 Å². The van der Waals surface area contributed by atoms with Crippen molar-refractivity contribution in [2.75, 3.05) is 13.2 Å². The smallest absolute Gasteiger partial charge is 0.310 e. The number of rotatable bonds is 59. The van der Waals surface area contributed by atoms with E-state index in [0.717, 1.165) is 128 Å². The van der Waals surface area contributed by atoms with Gasteiger partial charge in [0.2, 0.25) is 0 Å². The molecule has 0 saturated heterocycles. The number of carbonyl (C=O) groups is 3. The van der Waals surface area contributed by atoms with E-state index in [9.17, 15) is 14.4 Å². The third-order valence-corrected chi connectivity index (χ3v) is 13.8. The van der Waals surface area contributed by atoms with Gasteiger partial charge in [-0.1, -0.05) is 301 Å². The predicted octanol–water partition coefficient (Wildman–Crippen LogP) is 23.1. The number of allylic oxidation sites excluding steroid dienone is 23. The molecule has 0 aliphatic rings. The highest BCUT2D eigenvalue weighted by molar-refractivity contribution is 5.72. The molecule has 0 bridgehead atoms. The summed E-state index contributed by atoms with van der Waals surface area (Å²) in [5, 5.41) is 0. The van der Waals surface area contributed by atoms with Crippen molar-refractivity contribution in [1.82, 2.24) is 0 Å². The molecule has 6 nitrogen and oxygen atoms in total. The van der Waals surface area contributed by atoms with Gasteiger partial charge in [0, 0.05) is 12.8 Å². The van der Waals surface area contributed by atoms with Crippen molar-refractivity contribution >= 4 is 17.9 Å². The summed E-state index contributed by atoms with van der Waals surface area (Å²) >= 11 is 0. The summed E-state index contributed by atoms with van der Waals surface area (Å²) in [4.78, 5) is 38.2. The minimum atomic E-state index is -0.842. The summed E-state index contributed by atoms with van der Waals surface area (Å²) < 4.78 is 16.8. The van der Waals surface area contributed by atoms with Crippen LogP contribution in [0.15, 0.2) is 146 Å². The minimum Gasteiger partial charge on any atom is -0.462 e. The molecule has 0 spiro atoms. The fourth-order valence-corrected chi connectivity index (χ4v) is 8.94. The first-order valence-electron chi connectivity index (χ1n) is 33.3. The lowest BCUT2D eigenvalue weighted by Gasteiger charge is -2.18. The largest absolute Gasteiger partial charge is 0.462 e. The van der Waals surface area contributed by atoms with Crippen LogP contribution in [0.3, 0.4) is 0 Å². The number of hydrogen-bond donors (Lipinski definition) is 0. The Morgan fingerprint density at radius 3 is 0.815 bits per heavy atom. The molecule has 81 heavy (non-hydrogen) atoms. The first-order valence-corrected chi connectivity index (χ1v) is 33.3. The SMILES string of the molecule is CC/C=C\C/C=C\C/C=C\C/C=C\C/C=C\CCCCCCCCCCCCCCCCCCCCCC(=O)OCC(COC(=O)CCCCCCC/C=C\C/C=C\CCC)OC(=O)C/C=C\C/C=C\C/C=C\C/C=C\C/C=C\CC. The summed E-state index contributed by atoms with van der Waals surface area (Å²) in [6.07, 6.45) is 97.7. The van der Waals surface area contributed by atoms with E-state index in [-0.39, 0.29) is 31.6 Å². The Labute approximate surface area is 499 Å². The Bertz CT molecular complexity index is 1760. The molecule has 458 valence electrons. The molecule has 1 atom stereocenters. The average Bonchev–Trinajstić information content (AvgIpc) is 3.46. The number of ether oxygens (including phenoxy) is 3. The van der Waals surface area contributed by atoms with Gasteiger partial charge in [0.1, 0.15) is 13.2 Å². The molecule has 0 radical (unpaired) electrons. The normalized spacial score (nSPS) is 13.1. The minimum absolute atomic E-state index is 0.0905. The van der Waals surface area contributed by atoms with Gasteiger partial charge < -0.3 is 14.2 Å². The van der Waals surface area contributed by atoms with E-state index in [1.54, 1.807) is 6.08 Å². The fourth-order valence-electron chi connectivity index (χ4n) is 8.94. The second kappa shape index (κ2) is 67.8. The van der Waals surface area contributed by atoms with E-state index in [1.165, 1.54) is 116 Å². The van der Waals surface area contributed by atoms with E-state index in [0.29, 0.717) is 19.3 Å². The van der Waals surface area contributed by atoms with Gasteiger partial charge >= 0.3 is 17.9 Å². The van der Waals surface area contributed by atoms with Gasteiger partial charge in [-0.2, -0.15) is 0 Å². The molecule has 0 aliphatic heterocycles. The fraction of sp³-hybridized carbons (Fsp3) is 0.640. The Kier molecular flexibility index (Phi) is 63.9. The standard InChI is InChI=1S/C75H122O6/c1-4-7-10-13-16-19-22-25-27-28-29-30-31-32-33-34-35-36-37-38-39-40-41-42-43-44-45-46-48-50-53-56-59-62-65-68-74(77)80-71-72(70-79-73(76)67-64-61-58-55-52-49-24-21-18-15-12-9-6-3)81-75(78)69-66-63-60-57-54-51-47-26-23-20-17-14-11-8-5-2/h7-8,10-12,15-17,19-21,24-27,29-30,32-33,47,54,57,63,66,72H,4-6,9,13-14,18,22-23,28,31,34-46,48-53,55-56,58-62,64-65,67-71H2,1-3H3/b10-7-,11-8-,15-12-,19-16-,20-17-,24-21-,27-25-,30-29-,33-32-,47-26-,57-54-,66-63-. The Morgan fingerprint density at radius 1 is 0.272 bits per heavy atom. The topological polar surface area (TPSA) is 78.9 Å². The Morgan fingerprint density at radius 2 is 0.519 bits per heavy atom. The molecule has 0 N–H and O–H groups in total. The highest BCUT2D eigenvalue weighted by atomic mass is 16.6. The highest BCUT2D eigenvalue weighted by Crippen LogP contribution is 2.16. The van der Waals surface area contributed by atoms with Gasteiger partial charge in [-0.25, -0.2) is 0 Å². The van der Waals surface area contributed by atoms with Crippen molar-refractivity contribution in [2.24, 2.45) is 0 Å². The van der Waals surface area contributed by atoms with Crippen molar-refractivity contribution in [3.05, 3.63) is 146 Å². The van der Waals surface area contributed by atoms with Crippen molar-refractivity contribution in [1.29, 1.82) is 0 Å². The van der Waals surface area contributed by atoms with Crippen molar-refractivity contribution < 1.29 is 28.6 Å². The predicted molar refractivity (Wildman–Crippen MR) is 352 cm³/mol. The van der Waals surface area contributed by atoms with Gasteiger partial charge in [-0.3, -0.25) is 14.4 Å². The molecule has 0 aromatic carbocycles. The zero-order chi connectivity index (χ0) is 58.5. The second-order valence-electron chi connectivity index (χ2n) is 21.6. The number of carbonyl (C=O) groups excluding carboxylic acids is 3. The van der Waals surface area contributed by atoms with Crippen molar-refractivity contribution in [3.63, 3.8) is 0 Å². The maximum Gasteiger partial charge on any atom is 0.310 e. The van der Waals surface area contributed by atoms with Crippen molar-refractivity contribution in [2.45, 2.75) is 297 Å². The summed E-state index contributed by atoms with van der Waals surface area (Å²) in [6.45, 7) is 6.26. The lowest BCUT2D eigenvalue weighted by molar-refractivity contribution is -0.166. The number of hydrogen-bond acceptors (Lipinski definition) is 6. The number of esters is 3. The van der Waals surface area contributed by atoms with Crippen LogP contribution >= 0.6 is 0 Å². The monoisotopic (exact) mass is 1120 g/mol. The summed E-state index contributed by atoms with van der Waals surface area (Å²) in [5.74, 6) is -1.07. The Hall–Kier alpha value is -4.71. The molecule has 0 fully saturated rings. The molecule has 0 heterocycles. The molecule has 6 heteroatoms. The molecular formula is C75H122O6. The van der Waals surface area contributed by atoms with Crippen LogP contribution < -0.4 is 0 Å². The maximum atomic E-state index is 12.8. The van der Waals surface area contributed by atoms with Gasteiger partial charge in [0.15, 0.2) is 6.10 Å². The van der Waals surface area contributed by atoms with Crippen LogP contribution in [0, 0.1) is 0 Å². The van der Waals surface area contributed by atoms with E-state index in [1.807, 2.05) is 6.08 Å². The summed E-state index contributed by atoms with van der Waals surface area (Å²) in [5.41, 5.74) is 0. The maximum absolute atomic E-state index is 12.8. The second-order valence-corrected chi connectivity index (χ2v) is 21.6. The number of unbranched alkanes of at least 4 members (excludes halogenated alkanes) is 25. The lowest BCUT2D eigenvalue weighted by atomic mass is 10.0. The molecule has 0 aromatic heterocycles. The third-order valence-electron chi connectivity index (χ3n) is 13.8. The van der Waals surface area contributed by atoms with Gasteiger partial charge in [-0.05, 0) is 116 Å². The van der Waals surface area contributed by atoms with Crippen molar-refractivity contribution in [3.8, 4) is 0 Å². The quantitative estimate of drug-likeness (QED) is 0.0261. The zero-order valence-corrected chi connectivity index (χ0v) is 52.5. The lowest BCUT2D eigenvalue weighted by Crippen LogP contribution is -2.30. The summed E-state index contributed by atoms with van der Waals surface area (Å²) in [6, 6.07) is 0. The molecule has 0 aliphatic carbocycles. The van der Waals surface area contributed by atoms with E-state index < -0.39 is 12.1 Å². The average molecular weight is 1120 g/mol. The molecular weight excluding hydrogens is 997 g/mol. The van der Waals surface area contributed by atoms with Crippen LogP contribution in [0.25, 0.3) is 0 Å². The summed E-state index contributed by atoms with van der Waals surface area (Å²) in [7, 11) is 0. The van der Waals surface area contributed by atoms with Crippen LogP contribution in [0.2, 0.25) is 0 Å². The van der Waals surface area contributed by atoms with Crippen LogP contribution in [0.5, 0.6) is 0 Å². The molecule has 0 aromatic rings. The first-order chi connectivity index (χ1) is 40.0. The van der Waals surface area contributed by atoms with Crippen LogP contribution in [0.1, 0.15) is 290 Å². The first kappa shape index (κ1) is 76.3. The van der Waals surface area contributed by atoms with Crippen LogP contribution in [0.4, 0.5) is 0 Å². The highest BCUT2D eigenvalue weighted by Gasteiger charge is 2.19. The third kappa shape index (κ3) is 66.0. The molecule has 1 unspecified atom stereocenters. The molecule has 0 amide bonds. The van der Waals surface area contributed by atoms with Crippen LogP contribution in [-0.2, 0) is 28.6 Å². The van der Waals surface area contributed by atoms with E-state index in [2.05, 4.69) is 154 Å². The zero-order valence-electron chi connectivity index (χ0n) is 52.5. The van der Waals surface area contributed by atoms with Gasteiger partial charge in [0.25, 0.3) is 0 Å². The van der Waals surface area contributed by atoms with E-state index >= 15 is 0 Å². The molecule has 0 saturated carbocycles. The Balaban J connectivity index is 4.19. The molecule has 0 rings (SSSR count). The van der Waals surface area contributed by atoms with Gasteiger partial charge in [0.05, 0.1) is 6.42 Å². The van der Waals surface area contributed by atoms with E-state index in [4.69, 9.17) is 14.2 Å².